The molecule has 0 fully saturated rings. The van der Waals surface area contributed by atoms with Crippen LogP contribution in [0.1, 0.15) is 11.1 Å². The third-order valence-corrected chi connectivity index (χ3v) is 4.01. The van der Waals surface area contributed by atoms with Crippen LogP contribution in [0.5, 0.6) is 5.75 Å². The highest BCUT2D eigenvalue weighted by atomic mass is 32.2. The lowest BCUT2D eigenvalue weighted by molar-refractivity contribution is 0.306. The van der Waals surface area contributed by atoms with Gasteiger partial charge in [0.2, 0.25) is 0 Å². The second-order valence-corrected chi connectivity index (χ2v) is 6.57. The van der Waals surface area contributed by atoms with E-state index in [0.29, 0.717) is 18.9 Å². The third kappa shape index (κ3) is 3.82. The molecular weight excluding hydrogens is 274 g/mol. The second-order valence-electron chi connectivity index (χ2n) is 4.56. The molecular formula is C15H17NO3S. The Balaban J connectivity index is 2.04. The molecule has 2 aromatic rings. The molecule has 0 aliphatic heterocycles. The Labute approximate surface area is 119 Å². The molecule has 5 heteroatoms. The summed E-state index contributed by atoms with van der Waals surface area (Å²) in [5, 5.41) is 0. The maximum atomic E-state index is 11.3. The molecule has 0 aliphatic carbocycles. The maximum absolute atomic E-state index is 11.3. The standard InChI is InChI=1S/C15H17NO3S/c1-20(17,18)15-7-5-14(6-8-15)19-11-13-4-2-3-12(9-13)10-16/h2-9H,10-11,16H2,1H3. The van der Waals surface area contributed by atoms with Gasteiger partial charge in [-0.25, -0.2) is 8.42 Å². The molecule has 0 radical (unpaired) electrons. The van der Waals surface area contributed by atoms with Crippen molar-refractivity contribution in [2.45, 2.75) is 18.0 Å². The minimum absolute atomic E-state index is 0.287. The summed E-state index contributed by atoms with van der Waals surface area (Å²) < 4.78 is 28.3. The molecule has 0 unspecified atom stereocenters. The Morgan fingerprint density at radius 3 is 2.30 bits per heavy atom. The van der Waals surface area contributed by atoms with Crippen LogP contribution in [0.15, 0.2) is 53.4 Å². The fourth-order valence-corrected chi connectivity index (χ4v) is 2.43. The van der Waals surface area contributed by atoms with Gasteiger partial charge in [-0.05, 0) is 35.4 Å². The van der Waals surface area contributed by atoms with Crippen molar-refractivity contribution < 1.29 is 13.2 Å². The van der Waals surface area contributed by atoms with E-state index >= 15 is 0 Å². The zero-order valence-electron chi connectivity index (χ0n) is 11.2. The molecule has 0 atom stereocenters. The van der Waals surface area contributed by atoms with Gasteiger partial charge in [0.15, 0.2) is 9.84 Å². The minimum atomic E-state index is -3.17. The summed E-state index contributed by atoms with van der Waals surface area (Å²) in [7, 11) is -3.17. The van der Waals surface area contributed by atoms with Crippen LogP contribution in [-0.4, -0.2) is 14.7 Å². The predicted octanol–water partition coefficient (Wildman–Crippen LogP) is 2.13. The van der Waals surface area contributed by atoms with E-state index in [2.05, 4.69) is 0 Å². The zero-order chi connectivity index (χ0) is 14.6. The van der Waals surface area contributed by atoms with Crippen molar-refractivity contribution in [3.05, 3.63) is 59.7 Å². The molecule has 0 amide bonds. The summed E-state index contributed by atoms with van der Waals surface area (Å²) >= 11 is 0. The molecule has 2 aromatic carbocycles. The lowest BCUT2D eigenvalue weighted by Gasteiger charge is -2.08. The Bertz CT molecular complexity index is 679. The largest absolute Gasteiger partial charge is 0.489 e. The first-order valence-corrected chi connectivity index (χ1v) is 8.09. The Kier molecular flexibility index (Phi) is 4.42. The summed E-state index contributed by atoms with van der Waals surface area (Å²) in [6.45, 7) is 0.920. The van der Waals surface area contributed by atoms with Gasteiger partial charge in [0.25, 0.3) is 0 Å². The highest BCUT2D eigenvalue weighted by Crippen LogP contribution is 2.17. The fourth-order valence-electron chi connectivity index (χ4n) is 1.80. The van der Waals surface area contributed by atoms with Crippen LogP contribution in [0.2, 0.25) is 0 Å². The van der Waals surface area contributed by atoms with E-state index in [1.165, 1.54) is 6.26 Å². The van der Waals surface area contributed by atoms with Crippen LogP contribution >= 0.6 is 0 Å². The third-order valence-electron chi connectivity index (χ3n) is 2.88. The monoisotopic (exact) mass is 291 g/mol. The first-order valence-electron chi connectivity index (χ1n) is 6.20. The molecule has 0 spiro atoms. The average Bonchev–Trinajstić information content (AvgIpc) is 2.45. The van der Waals surface area contributed by atoms with E-state index in [1.54, 1.807) is 24.3 Å². The molecule has 0 aromatic heterocycles. The van der Waals surface area contributed by atoms with Crippen molar-refractivity contribution in [1.29, 1.82) is 0 Å². The van der Waals surface area contributed by atoms with Crippen molar-refractivity contribution >= 4 is 9.84 Å². The number of nitrogens with two attached hydrogens (primary N) is 1. The van der Waals surface area contributed by atoms with Gasteiger partial charge in [-0.2, -0.15) is 0 Å². The maximum Gasteiger partial charge on any atom is 0.175 e. The van der Waals surface area contributed by atoms with Crippen molar-refractivity contribution in [1.82, 2.24) is 0 Å². The van der Waals surface area contributed by atoms with Crippen LogP contribution in [0, 0.1) is 0 Å². The smallest absolute Gasteiger partial charge is 0.175 e. The molecule has 0 bridgehead atoms. The van der Waals surface area contributed by atoms with Gasteiger partial charge < -0.3 is 10.5 Å². The number of hydrogen-bond acceptors (Lipinski definition) is 4. The highest BCUT2D eigenvalue weighted by Gasteiger charge is 2.06. The van der Waals surface area contributed by atoms with Crippen molar-refractivity contribution in [2.75, 3.05) is 6.26 Å². The van der Waals surface area contributed by atoms with Crippen LogP contribution in [-0.2, 0) is 23.0 Å². The Hall–Kier alpha value is -1.85. The number of rotatable bonds is 5. The van der Waals surface area contributed by atoms with E-state index < -0.39 is 9.84 Å². The summed E-state index contributed by atoms with van der Waals surface area (Å²) in [4.78, 5) is 0.287. The van der Waals surface area contributed by atoms with Gasteiger partial charge in [0, 0.05) is 12.8 Å². The van der Waals surface area contributed by atoms with E-state index in [4.69, 9.17) is 10.5 Å². The van der Waals surface area contributed by atoms with Crippen LogP contribution < -0.4 is 10.5 Å². The number of ether oxygens (including phenoxy) is 1. The Morgan fingerprint density at radius 1 is 1.05 bits per heavy atom. The molecule has 0 heterocycles. The molecule has 0 saturated carbocycles. The molecule has 4 nitrogen and oxygen atoms in total. The van der Waals surface area contributed by atoms with Crippen LogP contribution in [0.4, 0.5) is 0 Å². The van der Waals surface area contributed by atoms with E-state index in [1.807, 2.05) is 24.3 Å². The van der Waals surface area contributed by atoms with Gasteiger partial charge in [-0.1, -0.05) is 24.3 Å². The highest BCUT2D eigenvalue weighted by molar-refractivity contribution is 7.90. The molecule has 0 saturated heterocycles. The minimum Gasteiger partial charge on any atom is -0.489 e. The first-order chi connectivity index (χ1) is 9.49. The van der Waals surface area contributed by atoms with E-state index in [0.717, 1.165) is 11.1 Å². The van der Waals surface area contributed by atoms with Gasteiger partial charge >= 0.3 is 0 Å². The first kappa shape index (κ1) is 14.6. The summed E-state index contributed by atoms with van der Waals surface area (Å²) in [6.07, 6.45) is 1.18. The number of benzene rings is 2. The lowest BCUT2D eigenvalue weighted by atomic mass is 10.1. The molecule has 2 N–H and O–H groups in total. The van der Waals surface area contributed by atoms with Crippen LogP contribution in [0.3, 0.4) is 0 Å². The topological polar surface area (TPSA) is 69.4 Å². The summed E-state index contributed by atoms with van der Waals surface area (Å²) in [5.74, 6) is 0.635. The van der Waals surface area contributed by atoms with Gasteiger partial charge in [-0.15, -0.1) is 0 Å². The lowest BCUT2D eigenvalue weighted by Crippen LogP contribution is -2.00. The number of hydrogen-bond donors (Lipinski definition) is 1. The number of sulfone groups is 1. The average molecular weight is 291 g/mol. The second kappa shape index (κ2) is 6.07. The Morgan fingerprint density at radius 2 is 1.70 bits per heavy atom. The quantitative estimate of drug-likeness (QED) is 0.916. The summed E-state index contributed by atoms with van der Waals surface area (Å²) in [6, 6.07) is 14.3. The van der Waals surface area contributed by atoms with Crippen molar-refractivity contribution in [2.24, 2.45) is 5.73 Å². The van der Waals surface area contributed by atoms with Crippen LogP contribution in [0.25, 0.3) is 0 Å². The SMILES string of the molecule is CS(=O)(=O)c1ccc(OCc2cccc(CN)c2)cc1. The predicted molar refractivity (Wildman–Crippen MR) is 78.2 cm³/mol. The van der Waals surface area contributed by atoms with Crippen molar-refractivity contribution in [3.8, 4) is 5.75 Å². The molecule has 2 rings (SSSR count). The fraction of sp³-hybridized carbons (Fsp3) is 0.200. The molecule has 0 aliphatic rings. The van der Waals surface area contributed by atoms with Gasteiger partial charge in [0.05, 0.1) is 4.90 Å². The van der Waals surface area contributed by atoms with Gasteiger partial charge in [-0.3, -0.25) is 0 Å². The van der Waals surface area contributed by atoms with Crippen molar-refractivity contribution in [3.63, 3.8) is 0 Å². The zero-order valence-corrected chi connectivity index (χ0v) is 12.1. The van der Waals surface area contributed by atoms with E-state index in [9.17, 15) is 8.42 Å². The normalized spacial score (nSPS) is 11.3. The molecule has 106 valence electrons. The van der Waals surface area contributed by atoms with Gasteiger partial charge in [0.1, 0.15) is 12.4 Å². The summed E-state index contributed by atoms with van der Waals surface area (Å²) in [5.41, 5.74) is 7.67. The van der Waals surface area contributed by atoms with E-state index in [-0.39, 0.29) is 4.90 Å². The molecule has 20 heavy (non-hydrogen) atoms.